The second-order valence-electron chi connectivity index (χ2n) is 7.03. The fourth-order valence-electron chi connectivity index (χ4n) is 3.33. The Balaban J connectivity index is 1.84. The largest absolute Gasteiger partial charge is 0.397 e. The van der Waals surface area contributed by atoms with E-state index in [0.717, 1.165) is 31.8 Å². The summed E-state index contributed by atoms with van der Waals surface area (Å²) in [6.07, 6.45) is 4.71. The summed E-state index contributed by atoms with van der Waals surface area (Å²) in [5.41, 5.74) is 9.54. The molecule has 3 rings (SSSR count). The van der Waals surface area contributed by atoms with E-state index < -0.39 is 0 Å². The van der Waals surface area contributed by atoms with Crippen LogP contribution in [0.15, 0.2) is 35.8 Å². The van der Waals surface area contributed by atoms with Gasteiger partial charge in [0.15, 0.2) is 5.82 Å². The van der Waals surface area contributed by atoms with Gasteiger partial charge in [0, 0.05) is 12.8 Å². The first-order valence-electron chi connectivity index (χ1n) is 9.50. The number of aliphatic imine (C=N–C) groups is 1. The molecule has 3 N–H and O–H groups in total. The van der Waals surface area contributed by atoms with Crippen molar-refractivity contribution in [3.63, 3.8) is 0 Å². The Morgan fingerprint density at radius 2 is 2.15 bits per heavy atom. The number of rotatable bonds is 7. The van der Waals surface area contributed by atoms with Crippen molar-refractivity contribution in [3.8, 4) is 0 Å². The van der Waals surface area contributed by atoms with Crippen molar-refractivity contribution in [1.82, 2.24) is 9.55 Å². The first-order valence-corrected chi connectivity index (χ1v) is 9.50. The minimum absolute atomic E-state index is 0.0961. The molecule has 27 heavy (non-hydrogen) atoms. The molecule has 0 aliphatic carbocycles. The van der Waals surface area contributed by atoms with Crippen molar-refractivity contribution in [2.45, 2.75) is 52.4 Å². The predicted molar refractivity (Wildman–Crippen MR) is 111 cm³/mol. The predicted octanol–water partition coefficient (Wildman–Crippen LogP) is 4.20. The molecule has 1 aliphatic rings. The average Bonchev–Trinajstić information content (AvgIpc) is 3.21. The summed E-state index contributed by atoms with van der Waals surface area (Å²) in [4.78, 5) is 9.19. The molecule has 1 saturated heterocycles. The molecule has 6 heteroatoms. The summed E-state index contributed by atoms with van der Waals surface area (Å²) in [5.74, 6) is 1.42. The summed E-state index contributed by atoms with van der Waals surface area (Å²) in [6, 6.07) is 8.58. The molecule has 2 heterocycles. The van der Waals surface area contributed by atoms with Crippen LogP contribution in [0.3, 0.4) is 0 Å². The number of nitrogens with zero attached hydrogens (tertiary/aromatic N) is 3. The van der Waals surface area contributed by atoms with E-state index in [9.17, 15) is 0 Å². The van der Waals surface area contributed by atoms with Gasteiger partial charge < -0.3 is 15.8 Å². The Morgan fingerprint density at radius 3 is 2.74 bits per heavy atom. The summed E-state index contributed by atoms with van der Waals surface area (Å²) in [6.45, 7) is 10.7. The summed E-state index contributed by atoms with van der Waals surface area (Å²) >= 11 is 0. The second kappa shape index (κ2) is 8.39. The highest BCUT2D eigenvalue weighted by molar-refractivity contribution is 5.72. The summed E-state index contributed by atoms with van der Waals surface area (Å²) in [5, 5.41) is 3.44. The highest BCUT2D eigenvalue weighted by atomic mass is 16.5. The van der Waals surface area contributed by atoms with Gasteiger partial charge in [-0.05, 0) is 45.6 Å². The van der Waals surface area contributed by atoms with Crippen molar-refractivity contribution in [3.05, 3.63) is 47.7 Å². The van der Waals surface area contributed by atoms with Crippen LogP contribution in [-0.4, -0.2) is 28.4 Å². The maximum absolute atomic E-state index is 6.08. The van der Waals surface area contributed by atoms with E-state index >= 15 is 0 Å². The highest BCUT2D eigenvalue weighted by Gasteiger charge is 2.29. The quantitative estimate of drug-likeness (QED) is 0.719. The highest BCUT2D eigenvalue weighted by Crippen LogP contribution is 2.37. The number of ether oxygens (including phenoxy) is 1. The molecule has 1 aromatic carbocycles. The monoisotopic (exact) mass is 367 g/mol. The molecule has 1 aromatic heterocycles. The number of imidazole rings is 1. The van der Waals surface area contributed by atoms with Gasteiger partial charge in [-0.15, -0.1) is 0 Å². The van der Waals surface area contributed by atoms with Gasteiger partial charge in [0.05, 0.1) is 11.8 Å². The van der Waals surface area contributed by atoms with Crippen LogP contribution >= 0.6 is 0 Å². The maximum atomic E-state index is 6.08. The Morgan fingerprint density at radius 1 is 1.41 bits per heavy atom. The van der Waals surface area contributed by atoms with E-state index in [1.807, 2.05) is 11.5 Å². The van der Waals surface area contributed by atoms with E-state index in [2.05, 4.69) is 60.0 Å². The molecule has 6 nitrogen and oxygen atoms in total. The first-order chi connectivity index (χ1) is 13.0. The Kier molecular flexibility index (Phi) is 5.96. The lowest BCUT2D eigenvalue weighted by atomic mass is 10.1. The van der Waals surface area contributed by atoms with Crippen molar-refractivity contribution in [1.29, 1.82) is 0 Å². The Bertz CT molecular complexity index is 822. The Labute approximate surface area is 161 Å². The number of aryl methyl sites for hydroxylation is 1. The molecule has 0 bridgehead atoms. The van der Waals surface area contributed by atoms with E-state index in [0.29, 0.717) is 17.2 Å². The fraction of sp³-hybridized carbons (Fsp3) is 0.429. The van der Waals surface area contributed by atoms with E-state index in [4.69, 9.17) is 10.5 Å². The molecule has 2 atom stereocenters. The number of aromatic nitrogens is 2. The SMILES string of the molecule is C=C(N)c1nc(NCCc2ccc(C)cc2)n(C2CCC(C)O2)c1/N=C\C. The molecule has 0 spiro atoms. The van der Waals surface area contributed by atoms with Gasteiger partial charge in [-0.25, -0.2) is 9.98 Å². The number of anilines is 1. The number of nitrogens with one attached hydrogen (secondary N) is 1. The van der Waals surface area contributed by atoms with Gasteiger partial charge in [-0.1, -0.05) is 36.4 Å². The van der Waals surface area contributed by atoms with Crippen LogP contribution in [0.4, 0.5) is 11.8 Å². The minimum Gasteiger partial charge on any atom is -0.397 e. The third kappa shape index (κ3) is 4.39. The molecule has 2 unspecified atom stereocenters. The zero-order valence-corrected chi connectivity index (χ0v) is 16.4. The number of hydrogen-bond acceptors (Lipinski definition) is 5. The van der Waals surface area contributed by atoms with E-state index in [-0.39, 0.29) is 12.3 Å². The minimum atomic E-state index is -0.0961. The van der Waals surface area contributed by atoms with Crippen molar-refractivity contribution in [2.24, 2.45) is 10.7 Å². The standard InChI is InChI=1S/C21H29N5O/c1-5-23-20-19(16(4)22)25-21(26(20)18-11-8-15(3)27-18)24-13-12-17-9-6-14(2)7-10-17/h5-7,9-10,15,18H,4,8,11-13,22H2,1-3H3,(H,24,25)/b23-5-. The smallest absolute Gasteiger partial charge is 0.207 e. The molecular weight excluding hydrogens is 338 g/mol. The lowest BCUT2D eigenvalue weighted by Gasteiger charge is -2.18. The number of hydrogen-bond donors (Lipinski definition) is 2. The third-order valence-electron chi connectivity index (χ3n) is 4.76. The zero-order valence-electron chi connectivity index (χ0n) is 16.4. The number of benzene rings is 1. The van der Waals surface area contributed by atoms with Gasteiger partial charge >= 0.3 is 0 Å². The first kappa shape index (κ1) is 19.2. The average molecular weight is 367 g/mol. The van der Waals surface area contributed by atoms with Gasteiger partial charge in [-0.3, -0.25) is 4.57 Å². The van der Waals surface area contributed by atoms with Gasteiger partial charge in [0.2, 0.25) is 5.95 Å². The zero-order chi connectivity index (χ0) is 19.4. The van der Waals surface area contributed by atoms with E-state index in [1.54, 1.807) is 6.21 Å². The lowest BCUT2D eigenvalue weighted by Crippen LogP contribution is -2.15. The van der Waals surface area contributed by atoms with Crippen LogP contribution in [0.25, 0.3) is 5.70 Å². The van der Waals surface area contributed by atoms with Gasteiger partial charge in [-0.2, -0.15) is 0 Å². The summed E-state index contributed by atoms with van der Waals surface area (Å²) < 4.78 is 8.10. The molecular formula is C21H29N5O. The molecule has 0 amide bonds. The fourth-order valence-corrected chi connectivity index (χ4v) is 3.33. The van der Waals surface area contributed by atoms with Crippen molar-refractivity contribution >= 4 is 23.7 Å². The summed E-state index contributed by atoms with van der Waals surface area (Å²) in [7, 11) is 0. The van der Waals surface area contributed by atoms with Crippen LogP contribution in [0.1, 0.15) is 49.7 Å². The molecule has 1 fully saturated rings. The normalized spacial score (nSPS) is 19.7. The van der Waals surface area contributed by atoms with Gasteiger partial charge in [0.25, 0.3) is 0 Å². The maximum Gasteiger partial charge on any atom is 0.207 e. The van der Waals surface area contributed by atoms with Gasteiger partial charge in [0.1, 0.15) is 11.9 Å². The lowest BCUT2D eigenvalue weighted by molar-refractivity contribution is 0.0133. The van der Waals surface area contributed by atoms with Crippen LogP contribution < -0.4 is 11.1 Å². The molecule has 2 aromatic rings. The third-order valence-corrected chi connectivity index (χ3v) is 4.76. The van der Waals surface area contributed by atoms with E-state index in [1.165, 1.54) is 11.1 Å². The molecule has 0 radical (unpaired) electrons. The Hall–Kier alpha value is -2.60. The van der Waals surface area contributed by atoms with Crippen LogP contribution in [0.5, 0.6) is 0 Å². The van der Waals surface area contributed by atoms with Crippen LogP contribution in [0.2, 0.25) is 0 Å². The van der Waals surface area contributed by atoms with Crippen molar-refractivity contribution < 1.29 is 4.74 Å². The molecule has 1 aliphatic heterocycles. The van der Waals surface area contributed by atoms with Crippen LogP contribution in [-0.2, 0) is 11.2 Å². The van der Waals surface area contributed by atoms with Crippen LogP contribution in [0, 0.1) is 6.92 Å². The van der Waals surface area contributed by atoms with Crippen molar-refractivity contribution in [2.75, 3.05) is 11.9 Å². The number of nitrogens with two attached hydrogens (primary N) is 1. The second-order valence-corrected chi connectivity index (χ2v) is 7.03. The molecule has 144 valence electrons. The molecule has 0 saturated carbocycles. The topological polar surface area (TPSA) is 77.5 Å².